The van der Waals surface area contributed by atoms with Crippen molar-refractivity contribution in [2.45, 2.75) is 51.1 Å². The smallest absolute Gasteiger partial charge is 0.248 e. The lowest BCUT2D eigenvalue weighted by atomic mass is 9.86. The third-order valence-electron chi connectivity index (χ3n) is 5.07. The summed E-state index contributed by atoms with van der Waals surface area (Å²) >= 11 is 0. The fourth-order valence-corrected chi connectivity index (χ4v) is 3.39. The first kappa shape index (κ1) is 17.7. The third kappa shape index (κ3) is 3.76. The zero-order valence-corrected chi connectivity index (χ0v) is 15.4. The standard InChI is InChI=1S/C20H28N4O/c1-19(2,3)17-7-5-16(6-8-17)15-22-18(25)20(9-12-21-13-10-20)24-14-4-11-23-24/h4-8,11,14,21H,9-10,12-13,15H2,1-3H3,(H,22,25). The summed E-state index contributed by atoms with van der Waals surface area (Å²) in [7, 11) is 0. The minimum Gasteiger partial charge on any atom is -0.350 e. The van der Waals surface area contributed by atoms with Crippen molar-refractivity contribution in [2.75, 3.05) is 13.1 Å². The van der Waals surface area contributed by atoms with Crippen LogP contribution in [0, 0.1) is 0 Å². The number of carbonyl (C=O) groups excluding carboxylic acids is 1. The monoisotopic (exact) mass is 340 g/mol. The predicted octanol–water partition coefficient (Wildman–Crippen LogP) is 2.58. The van der Waals surface area contributed by atoms with Gasteiger partial charge in [0, 0.05) is 18.9 Å². The summed E-state index contributed by atoms with van der Waals surface area (Å²) in [6.45, 7) is 8.80. The molecule has 1 aliphatic rings. The van der Waals surface area contributed by atoms with Crippen LogP contribution in [0.2, 0.25) is 0 Å². The highest BCUT2D eigenvalue weighted by Crippen LogP contribution is 2.27. The van der Waals surface area contributed by atoms with Gasteiger partial charge in [-0.25, -0.2) is 0 Å². The van der Waals surface area contributed by atoms with Gasteiger partial charge >= 0.3 is 0 Å². The summed E-state index contributed by atoms with van der Waals surface area (Å²) in [5.41, 5.74) is 1.97. The molecular weight excluding hydrogens is 312 g/mol. The topological polar surface area (TPSA) is 59.0 Å². The highest BCUT2D eigenvalue weighted by atomic mass is 16.2. The zero-order valence-electron chi connectivity index (χ0n) is 15.4. The van der Waals surface area contributed by atoms with Crippen LogP contribution in [0.25, 0.3) is 0 Å². The molecule has 1 aromatic carbocycles. The first-order valence-corrected chi connectivity index (χ1v) is 9.00. The Kier molecular flexibility index (Phi) is 4.95. The quantitative estimate of drug-likeness (QED) is 0.899. The van der Waals surface area contributed by atoms with E-state index >= 15 is 0 Å². The van der Waals surface area contributed by atoms with E-state index in [1.165, 1.54) is 5.56 Å². The van der Waals surface area contributed by atoms with E-state index in [0.29, 0.717) is 6.54 Å². The molecule has 5 nitrogen and oxygen atoms in total. The van der Waals surface area contributed by atoms with Gasteiger partial charge in [0.2, 0.25) is 5.91 Å². The molecule has 25 heavy (non-hydrogen) atoms. The first-order chi connectivity index (χ1) is 11.9. The van der Waals surface area contributed by atoms with E-state index in [2.05, 4.69) is 60.8 Å². The molecule has 0 spiro atoms. The summed E-state index contributed by atoms with van der Waals surface area (Å²) in [6, 6.07) is 10.4. The van der Waals surface area contributed by atoms with Crippen molar-refractivity contribution < 1.29 is 4.79 Å². The van der Waals surface area contributed by atoms with Gasteiger partial charge in [-0.1, -0.05) is 45.0 Å². The molecule has 1 fully saturated rings. The van der Waals surface area contributed by atoms with Crippen LogP contribution < -0.4 is 10.6 Å². The van der Waals surface area contributed by atoms with Crippen LogP contribution in [-0.4, -0.2) is 28.8 Å². The van der Waals surface area contributed by atoms with Gasteiger partial charge in [-0.15, -0.1) is 0 Å². The molecule has 2 N–H and O–H groups in total. The second-order valence-corrected chi connectivity index (χ2v) is 7.86. The molecule has 0 radical (unpaired) electrons. The van der Waals surface area contributed by atoms with Crippen LogP contribution in [0.1, 0.15) is 44.7 Å². The molecule has 1 amide bonds. The van der Waals surface area contributed by atoms with Crippen LogP contribution in [0.5, 0.6) is 0 Å². The Morgan fingerprint density at radius 2 is 1.92 bits per heavy atom. The van der Waals surface area contributed by atoms with E-state index < -0.39 is 5.54 Å². The number of hydrogen-bond acceptors (Lipinski definition) is 3. The predicted molar refractivity (Wildman–Crippen MR) is 99.3 cm³/mol. The van der Waals surface area contributed by atoms with Gasteiger partial charge in [-0.2, -0.15) is 5.10 Å². The Hall–Kier alpha value is -2.14. The van der Waals surface area contributed by atoms with E-state index in [0.717, 1.165) is 31.5 Å². The molecule has 0 saturated carbocycles. The van der Waals surface area contributed by atoms with Gasteiger partial charge in [0.1, 0.15) is 5.54 Å². The number of hydrogen-bond donors (Lipinski definition) is 2. The lowest BCUT2D eigenvalue weighted by Crippen LogP contribution is -2.54. The van der Waals surface area contributed by atoms with Crippen molar-refractivity contribution in [1.82, 2.24) is 20.4 Å². The molecule has 2 heterocycles. The number of amides is 1. The second-order valence-electron chi connectivity index (χ2n) is 7.86. The van der Waals surface area contributed by atoms with Gasteiger partial charge in [0.05, 0.1) is 0 Å². The first-order valence-electron chi connectivity index (χ1n) is 9.00. The molecule has 0 bridgehead atoms. The van der Waals surface area contributed by atoms with Crippen LogP contribution in [0.15, 0.2) is 42.7 Å². The third-order valence-corrected chi connectivity index (χ3v) is 5.07. The number of nitrogens with one attached hydrogen (secondary N) is 2. The molecule has 0 atom stereocenters. The number of benzene rings is 1. The minimum atomic E-state index is -0.583. The fourth-order valence-electron chi connectivity index (χ4n) is 3.39. The summed E-state index contributed by atoms with van der Waals surface area (Å²) in [5.74, 6) is 0.0533. The summed E-state index contributed by atoms with van der Waals surface area (Å²) in [6.07, 6.45) is 5.14. The molecule has 3 rings (SSSR count). The van der Waals surface area contributed by atoms with Crippen molar-refractivity contribution in [3.8, 4) is 0 Å². The van der Waals surface area contributed by atoms with E-state index in [-0.39, 0.29) is 11.3 Å². The maximum atomic E-state index is 13.0. The van der Waals surface area contributed by atoms with Gasteiger partial charge in [0.15, 0.2) is 0 Å². The van der Waals surface area contributed by atoms with E-state index in [1.807, 2.05) is 16.9 Å². The van der Waals surface area contributed by atoms with E-state index in [1.54, 1.807) is 6.20 Å². The molecule has 0 unspecified atom stereocenters. The van der Waals surface area contributed by atoms with Crippen molar-refractivity contribution in [1.29, 1.82) is 0 Å². The fraction of sp³-hybridized carbons (Fsp3) is 0.500. The molecular formula is C20H28N4O. The van der Waals surface area contributed by atoms with Crippen LogP contribution in [-0.2, 0) is 22.3 Å². The zero-order chi connectivity index (χ0) is 17.9. The van der Waals surface area contributed by atoms with Gasteiger partial charge in [-0.05, 0) is 48.5 Å². The van der Waals surface area contributed by atoms with Crippen LogP contribution in [0.3, 0.4) is 0 Å². The van der Waals surface area contributed by atoms with Crippen LogP contribution >= 0.6 is 0 Å². The SMILES string of the molecule is CC(C)(C)c1ccc(CNC(=O)C2(n3cccn3)CCNCC2)cc1. The molecule has 5 heteroatoms. The molecule has 2 aromatic rings. The van der Waals surface area contributed by atoms with E-state index in [4.69, 9.17) is 0 Å². The van der Waals surface area contributed by atoms with Crippen LogP contribution in [0.4, 0.5) is 0 Å². The maximum Gasteiger partial charge on any atom is 0.248 e. The Balaban J connectivity index is 1.70. The van der Waals surface area contributed by atoms with Crippen molar-refractivity contribution in [3.63, 3.8) is 0 Å². The molecule has 1 aliphatic heterocycles. The molecule has 134 valence electrons. The molecule has 1 saturated heterocycles. The molecule has 0 aliphatic carbocycles. The van der Waals surface area contributed by atoms with Crippen molar-refractivity contribution in [3.05, 3.63) is 53.9 Å². The molecule has 1 aromatic heterocycles. The maximum absolute atomic E-state index is 13.0. The summed E-state index contributed by atoms with van der Waals surface area (Å²) in [4.78, 5) is 13.0. The number of piperidine rings is 1. The number of rotatable bonds is 4. The Morgan fingerprint density at radius 3 is 2.48 bits per heavy atom. The summed E-state index contributed by atoms with van der Waals surface area (Å²) < 4.78 is 1.83. The number of nitrogens with zero attached hydrogens (tertiary/aromatic N) is 2. The lowest BCUT2D eigenvalue weighted by molar-refractivity contribution is -0.132. The highest BCUT2D eigenvalue weighted by molar-refractivity contribution is 5.84. The lowest BCUT2D eigenvalue weighted by Gasteiger charge is -2.36. The van der Waals surface area contributed by atoms with Crippen molar-refractivity contribution >= 4 is 5.91 Å². The normalized spacial score (nSPS) is 17.2. The van der Waals surface area contributed by atoms with Gasteiger partial charge in [-0.3, -0.25) is 9.48 Å². The van der Waals surface area contributed by atoms with E-state index in [9.17, 15) is 4.79 Å². The highest BCUT2D eigenvalue weighted by Gasteiger charge is 2.41. The van der Waals surface area contributed by atoms with Gasteiger partial charge in [0.25, 0.3) is 0 Å². The van der Waals surface area contributed by atoms with Gasteiger partial charge < -0.3 is 10.6 Å². The number of aromatic nitrogens is 2. The average molecular weight is 340 g/mol. The van der Waals surface area contributed by atoms with Crippen molar-refractivity contribution in [2.24, 2.45) is 0 Å². The Morgan fingerprint density at radius 1 is 1.24 bits per heavy atom. The Bertz CT molecular complexity index is 692. The largest absolute Gasteiger partial charge is 0.350 e. The second kappa shape index (κ2) is 7.00. The average Bonchev–Trinajstić information content (AvgIpc) is 3.15. The Labute approximate surface area is 149 Å². The summed E-state index contributed by atoms with van der Waals surface area (Å²) in [5, 5.41) is 10.8. The number of carbonyl (C=O) groups is 1. The minimum absolute atomic E-state index is 0.0533.